The molecule has 0 fully saturated rings. The summed E-state index contributed by atoms with van der Waals surface area (Å²) in [5, 5.41) is -3.25. The van der Waals surface area contributed by atoms with Crippen molar-refractivity contribution in [1.82, 2.24) is 0 Å². The van der Waals surface area contributed by atoms with E-state index in [0.717, 1.165) is 0 Å². The van der Waals surface area contributed by atoms with Crippen LogP contribution in [0.25, 0.3) is 0 Å². The fourth-order valence-corrected chi connectivity index (χ4v) is 4.00. The molecule has 0 bridgehead atoms. The first-order valence-corrected chi connectivity index (χ1v) is 7.89. The molecular formula is C13H3F10Si. The van der Waals surface area contributed by atoms with Crippen LogP contribution in [0.4, 0.5) is 43.9 Å². The van der Waals surface area contributed by atoms with Crippen LogP contribution in [0, 0.1) is 58.2 Å². The highest BCUT2D eigenvalue weighted by Crippen LogP contribution is 2.20. The molecule has 2 aromatic rings. The van der Waals surface area contributed by atoms with Crippen LogP contribution in [0.5, 0.6) is 0 Å². The Bertz CT molecular complexity index is 720. The highest BCUT2D eigenvalue weighted by Gasteiger charge is 2.36. The molecule has 24 heavy (non-hydrogen) atoms. The maximum absolute atomic E-state index is 13.7. The molecule has 0 amide bonds. The molecule has 1 radical (unpaired) electrons. The summed E-state index contributed by atoms with van der Waals surface area (Å²) in [5.41, 5.74) is 0. The van der Waals surface area contributed by atoms with Gasteiger partial charge in [-0.3, -0.25) is 0 Å². The molecule has 0 N–H and O–H groups in total. The summed E-state index contributed by atoms with van der Waals surface area (Å²) >= 11 is 0. The average molecular weight is 377 g/mol. The van der Waals surface area contributed by atoms with Crippen molar-refractivity contribution < 1.29 is 43.9 Å². The summed E-state index contributed by atoms with van der Waals surface area (Å²) in [6.07, 6.45) is 0. The van der Waals surface area contributed by atoms with Crippen LogP contribution in [0.3, 0.4) is 0 Å². The number of halogens is 10. The van der Waals surface area contributed by atoms with Crippen LogP contribution in [0.2, 0.25) is 6.55 Å². The second-order valence-corrected chi connectivity index (χ2v) is 6.76. The van der Waals surface area contributed by atoms with Gasteiger partial charge in [-0.05, 0) is 0 Å². The molecule has 0 spiro atoms. The predicted octanol–water partition coefficient (Wildman–Crippen LogP) is 3.32. The summed E-state index contributed by atoms with van der Waals surface area (Å²) in [4.78, 5) is 0. The Morgan fingerprint density at radius 2 is 0.542 bits per heavy atom. The van der Waals surface area contributed by atoms with Gasteiger partial charge in [-0.2, -0.15) is 0 Å². The molecule has 0 atom stereocenters. The monoisotopic (exact) mass is 377 g/mol. The zero-order valence-corrected chi connectivity index (χ0v) is 12.3. The van der Waals surface area contributed by atoms with Crippen molar-refractivity contribution in [2.45, 2.75) is 6.55 Å². The number of rotatable bonds is 2. The molecule has 0 aromatic heterocycles. The van der Waals surface area contributed by atoms with E-state index in [9.17, 15) is 43.9 Å². The summed E-state index contributed by atoms with van der Waals surface area (Å²) in [7, 11) is -3.58. The Morgan fingerprint density at radius 1 is 0.375 bits per heavy atom. The quantitative estimate of drug-likeness (QED) is 0.326. The van der Waals surface area contributed by atoms with Crippen LogP contribution in [0.15, 0.2) is 0 Å². The van der Waals surface area contributed by atoms with Crippen molar-refractivity contribution in [3.05, 3.63) is 58.2 Å². The van der Waals surface area contributed by atoms with E-state index < -0.39 is 77.3 Å². The molecular weight excluding hydrogens is 374 g/mol. The third-order valence-corrected chi connectivity index (χ3v) is 5.55. The molecule has 0 saturated heterocycles. The number of hydrogen-bond acceptors (Lipinski definition) is 0. The Kier molecular flexibility index (Phi) is 4.66. The van der Waals surface area contributed by atoms with Gasteiger partial charge in [-0.1, -0.05) is 6.55 Å². The topological polar surface area (TPSA) is 0 Å². The van der Waals surface area contributed by atoms with Gasteiger partial charge in [0.25, 0.3) is 0 Å². The van der Waals surface area contributed by atoms with Crippen LogP contribution >= 0.6 is 0 Å². The highest BCUT2D eigenvalue weighted by atomic mass is 28.3. The van der Waals surface area contributed by atoms with Gasteiger partial charge in [-0.15, -0.1) is 0 Å². The fourth-order valence-electron chi connectivity index (χ4n) is 1.99. The third-order valence-electron chi connectivity index (χ3n) is 3.17. The van der Waals surface area contributed by atoms with E-state index in [2.05, 4.69) is 0 Å². The molecule has 0 aliphatic rings. The molecule has 2 aromatic carbocycles. The number of hydrogen-bond donors (Lipinski definition) is 0. The maximum Gasteiger partial charge on any atom is 0.200 e. The first-order valence-electron chi connectivity index (χ1n) is 5.89. The van der Waals surface area contributed by atoms with Crippen molar-refractivity contribution in [2.75, 3.05) is 0 Å². The Morgan fingerprint density at radius 3 is 0.750 bits per heavy atom. The lowest BCUT2D eigenvalue weighted by atomic mass is 10.3. The van der Waals surface area contributed by atoms with Crippen LogP contribution < -0.4 is 10.4 Å². The fraction of sp³-hybridized carbons (Fsp3) is 0.0769. The number of benzene rings is 2. The summed E-state index contributed by atoms with van der Waals surface area (Å²) < 4.78 is 133. The largest absolute Gasteiger partial charge is 0.204 e. The SMILES string of the molecule is C[Si](c1c(F)c(F)c(F)c(F)c1F)c1c(F)c(F)c(F)c(F)c1F. The van der Waals surface area contributed by atoms with E-state index in [-0.39, 0.29) is 0 Å². The lowest BCUT2D eigenvalue weighted by molar-refractivity contribution is 0.382. The first kappa shape index (κ1) is 18.3. The van der Waals surface area contributed by atoms with Crippen molar-refractivity contribution in [1.29, 1.82) is 0 Å². The van der Waals surface area contributed by atoms with Gasteiger partial charge in [-0.25, -0.2) is 43.9 Å². The van der Waals surface area contributed by atoms with Crippen molar-refractivity contribution >= 4 is 19.2 Å². The lowest BCUT2D eigenvalue weighted by Crippen LogP contribution is -2.48. The maximum atomic E-state index is 13.7. The van der Waals surface area contributed by atoms with Crippen molar-refractivity contribution in [3.63, 3.8) is 0 Å². The van der Waals surface area contributed by atoms with Gasteiger partial charge in [0.1, 0.15) is 8.80 Å². The van der Waals surface area contributed by atoms with Gasteiger partial charge in [0.2, 0.25) is 11.6 Å². The molecule has 0 aliphatic heterocycles. The second-order valence-electron chi connectivity index (χ2n) is 4.51. The zero-order valence-electron chi connectivity index (χ0n) is 11.3. The molecule has 129 valence electrons. The van der Waals surface area contributed by atoms with E-state index in [1.807, 2.05) is 0 Å². The smallest absolute Gasteiger partial charge is 0.200 e. The van der Waals surface area contributed by atoms with Crippen LogP contribution in [-0.2, 0) is 0 Å². The highest BCUT2D eigenvalue weighted by molar-refractivity contribution is 6.84. The lowest BCUT2D eigenvalue weighted by Gasteiger charge is -2.16. The van der Waals surface area contributed by atoms with Gasteiger partial charge in [0.05, 0.1) is 0 Å². The van der Waals surface area contributed by atoms with Gasteiger partial charge in [0, 0.05) is 10.4 Å². The minimum atomic E-state index is -3.58. The minimum absolute atomic E-state index is 0.626. The molecule has 0 heterocycles. The summed E-state index contributed by atoms with van der Waals surface area (Å²) in [6, 6.07) is 0. The van der Waals surface area contributed by atoms with Gasteiger partial charge >= 0.3 is 0 Å². The second kappa shape index (κ2) is 6.11. The van der Waals surface area contributed by atoms with E-state index in [1.165, 1.54) is 0 Å². The summed E-state index contributed by atoms with van der Waals surface area (Å²) in [6.45, 7) is 0.626. The van der Waals surface area contributed by atoms with E-state index >= 15 is 0 Å². The van der Waals surface area contributed by atoms with Gasteiger partial charge in [0.15, 0.2) is 46.5 Å². The van der Waals surface area contributed by atoms with E-state index in [1.54, 1.807) is 0 Å². The molecule has 2 rings (SSSR count). The van der Waals surface area contributed by atoms with Crippen LogP contribution in [0.1, 0.15) is 0 Å². The normalized spacial score (nSPS) is 11.5. The minimum Gasteiger partial charge on any atom is -0.204 e. The third kappa shape index (κ3) is 2.46. The molecule has 11 heteroatoms. The van der Waals surface area contributed by atoms with Crippen molar-refractivity contribution in [3.8, 4) is 0 Å². The Balaban J connectivity index is 2.84. The molecule has 0 unspecified atom stereocenters. The summed E-state index contributed by atoms with van der Waals surface area (Å²) in [5.74, 6) is -24.2. The Hall–Kier alpha value is -2.04. The predicted molar refractivity (Wildman–Crippen MR) is 63.3 cm³/mol. The standard InChI is InChI=1S/C13H3F10Si/c1-24(12-8(20)4(16)2(14)5(17)9(12)21)13-10(22)6(18)3(15)7(19)11(13)23/h1H3. The van der Waals surface area contributed by atoms with Crippen LogP contribution in [-0.4, -0.2) is 8.80 Å². The first-order chi connectivity index (χ1) is 11.0. The molecule has 0 saturated carbocycles. The Labute approximate surface area is 128 Å². The average Bonchev–Trinajstić information content (AvgIpc) is 2.55. The van der Waals surface area contributed by atoms with E-state index in [0.29, 0.717) is 6.55 Å². The zero-order chi connectivity index (χ0) is 18.5. The van der Waals surface area contributed by atoms with Gasteiger partial charge < -0.3 is 0 Å². The molecule has 0 nitrogen and oxygen atoms in total. The van der Waals surface area contributed by atoms with Crippen molar-refractivity contribution in [2.24, 2.45) is 0 Å². The van der Waals surface area contributed by atoms with E-state index in [4.69, 9.17) is 0 Å². The molecule has 0 aliphatic carbocycles.